The van der Waals surface area contributed by atoms with Gasteiger partial charge in [-0.3, -0.25) is 9.59 Å². The highest BCUT2D eigenvalue weighted by Gasteiger charge is 2.33. The fourth-order valence-electron chi connectivity index (χ4n) is 3.69. The van der Waals surface area contributed by atoms with E-state index < -0.39 is 35.7 Å². The summed E-state index contributed by atoms with van der Waals surface area (Å²) in [5.74, 6) is -0.934. The van der Waals surface area contributed by atoms with Crippen LogP contribution in [0.15, 0.2) is 59.6 Å². The van der Waals surface area contributed by atoms with Crippen molar-refractivity contribution in [3.05, 3.63) is 65.7 Å². The lowest BCUT2D eigenvalue weighted by Gasteiger charge is -2.26. The number of benzene rings is 2. The number of amides is 3. The number of carbonyl (C=O) groups is 3. The second-order valence-corrected chi connectivity index (χ2v) is 9.63. The van der Waals surface area contributed by atoms with Crippen LogP contribution in [0.1, 0.15) is 31.9 Å². The number of para-hydroxylation sites is 1. The molecule has 1 aliphatic heterocycles. The zero-order valence-corrected chi connectivity index (χ0v) is 21.0. The summed E-state index contributed by atoms with van der Waals surface area (Å²) in [6.07, 6.45) is -1.90. The molecule has 0 bridgehead atoms. The SMILES string of the molecule is CN(C)CC(NC(=O)OC(C)(C)C)C(=O)NC1N=C(c2ccccc2)c2ccccc2N(C)C1=O. The highest BCUT2D eigenvalue weighted by atomic mass is 16.6. The van der Waals surface area contributed by atoms with Crippen molar-refractivity contribution in [1.82, 2.24) is 15.5 Å². The van der Waals surface area contributed by atoms with Gasteiger partial charge >= 0.3 is 6.09 Å². The Balaban J connectivity index is 1.94. The van der Waals surface area contributed by atoms with Crippen molar-refractivity contribution in [2.45, 2.75) is 38.6 Å². The Bertz CT molecular complexity index is 1110. The quantitative estimate of drug-likeness (QED) is 0.662. The third-order valence-electron chi connectivity index (χ3n) is 5.22. The normalized spacial score (nSPS) is 16.7. The van der Waals surface area contributed by atoms with Crippen molar-refractivity contribution in [1.29, 1.82) is 0 Å². The molecule has 0 spiro atoms. The number of carbonyl (C=O) groups excluding carboxylic acids is 3. The highest BCUT2D eigenvalue weighted by Crippen LogP contribution is 2.27. The van der Waals surface area contributed by atoms with E-state index in [9.17, 15) is 14.4 Å². The lowest BCUT2D eigenvalue weighted by Crippen LogP contribution is -2.56. The predicted molar refractivity (Wildman–Crippen MR) is 136 cm³/mol. The van der Waals surface area contributed by atoms with E-state index in [-0.39, 0.29) is 6.54 Å². The second-order valence-electron chi connectivity index (χ2n) is 9.63. The molecule has 0 fully saturated rings. The van der Waals surface area contributed by atoms with Gasteiger partial charge in [0.2, 0.25) is 12.1 Å². The van der Waals surface area contributed by atoms with Gasteiger partial charge in [0.15, 0.2) is 0 Å². The number of hydrogen-bond acceptors (Lipinski definition) is 6. The molecule has 0 aromatic heterocycles. The van der Waals surface area contributed by atoms with Crippen LogP contribution >= 0.6 is 0 Å². The average molecular weight is 480 g/mol. The predicted octanol–water partition coefficient (Wildman–Crippen LogP) is 2.40. The van der Waals surface area contributed by atoms with Crippen molar-refractivity contribution in [2.75, 3.05) is 32.6 Å². The van der Waals surface area contributed by atoms with Gasteiger partial charge in [-0.05, 0) is 40.9 Å². The van der Waals surface area contributed by atoms with Gasteiger partial charge in [0.05, 0.1) is 11.4 Å². The monoisotopic (exact) mass is 479 g/mol. The number of aliphatic imine (C=N–C) groups is 1. The summed E-state index contributed by atoms with van der Waals surface area (Å²) in [6, 6.07) is 16.0. The molecule has 9 nitrogen and oxygen atoms in total. The van der Waals surface area contributed by atoms with E-state index in [1.54, 1.807) is 46.8 Å². The Kier molecular flexibility index (Phi) is 7.91. The molecule has 2 aromatic carbocycles. The Hall–Kier alpha value is -3.72. The first-order chi connectivity index (χ1) is 16.5. The molecule has 0 radical (unpaired) electrons. The van der Waals surface area contributed by atoms with Gasteiger partial charge in [0, 0.05) is 24.7 Å². The summed E-state index contributed by atoms with van der Waals surface area (Å²) < 4.78 is 5.31. The lowest BCUT2D eigenvalue weighted by atomic mass is 10.0. The van der Waals surface area contributed by atoms with Crippen LogP contribution < -0.4 is 15.5 Å². The van der Waals surface area contributed by atoms with E-state index in [0.717, 1.165) is 11.1 Å². The standard InChI is InChI=1S/C26H33N5O4/c1-26(2,3)35-25(34)27-19(16-30(4)5)23(32)29-22-24(33)31(6)20-15-11-10-14-18(20)21(28-22)17-12-8-7-9-13-17/h7-15,19,22H,16H2,1-6H3,(H,27,34)(H,29,32). The Morgan fingerprint density at radius 1 is 1.09 bits per heavy atom. The van der Waals surface area contributed by atoms with Crippen molar-refractivity contribution in [3.63, 3.8) is 0 Å². The number of ether oxygens (including phenoxy) is 1. The minimum Gasteiger partial charge on any atom is -0.444 e. The van der Waals surface area contributed by atoms with Gasteiger partial charge in [-0.1, -0.05) is 48.5 Å². The first-order valence-electron chi connectivity index (χ1n) is 11.4. The van der Waals surface area contributed by atoms with E-state index in [0.29, 0.717) is 11.4 Å². The lowest BCUT2D eigenvalue weighted by molar-refractivity contribution is -0.128. The van der Waals surface area contributed by atoms with Crippen molar-refractivity contribution < 1.29 is 19.1 Å². The molecular weight excluding hydrogens is 446 g/mol. The molecule has 1 aliphatic rings. The van der Waals surface area contributed by atoms with Crippen molar-refractivity contribution in [3.8, 4) is 0 Å². The Morgan fingerprint density at radius 3 is 2.34 bits per heavy atom. The van der Waals surface area contributed by atoms with Crippen LogP contribution in [0, 0.1) is 0 Å². The zero-order valence-electron chi connectivity index (χ0n) is 21.0. The number of anilines is 1. The van der Waals surface area contributed by atoms with Crippen LogP contribution in [0.2, 0.25) is 0 Å². The summed E-state index contributed by atoms with van der Waals surface area (Å²) >= 11 is 0. The molecule has 2 N–H and O–H groups in total. The summed E-state index contributed by atoms with van der Waals surface area (Å²) in [6.45, 7) is 5.43. The van der Waals surface area contributed by atoms with Gasteiger partial charge < -0.3 is 25.2 Å². The van der Waals surface area contributed by atoms with E-state index >= 15 is 0 Å². The summed E-state index contributed by atoms with van der Waals surface area (Å²) in [5, 5.41) is 5.34. The fraction of sp³-hybridized carbons (Fsp3) is 0.385. The molecule has 3 amide bonds. The highest BCUT2D eigenvalue weighted by molar-refractivity contribution is 6.20. The van der Waals surface area contributed by atoms with Gasteiger partial charge in [0.1, 0.15) is 11.6 Å². The number of fused-ring (bicyclic) bond motifs is 1. The fourth-order valence-corrected chi connectivity index (χ4v) is 3.69. The average Bonchev–Trinajstić information content (AvgIpc) is 2.88. The minimum atomic E-state index is -1.18. The molecule has 9 heteroatoms. The van der Waals surface area contributed by atoms with Gasteiger partial charge in [-0.15, -0.1) is 0 Å². The second kappa shape index (κ2) is 10.7. The third kappa shape index (κ3) is 6.66. The van der Waals surface area contributed by atoms with Gasteiger partial charge in [0.25, 0.3) is 5.91 Å². The number of alkyl carbamates (subject to hydrolysis) is 1. The number of likely N-dealkylation sites (N-methyl/N-ethyl adjacent to an activating group) is 2. The topological polar surface area (TPSA) is 103 Å². The largest absolute Gasteiger partial charge is 0.444 e. The molecule has 186 valence electrons. The van der Waals surface area contributed by atoms with Gasteiger partial charge in [-0.2, -0.15) is 0 Å². The Morgan fingerprint density at radius 2 is 1.71 bits per heavy atom. The zero-order chi connectivity index (χ0) is 25.8. The molecule has 2 unspecified atom stereocenters. The van der Waals surface area contributed by atoms with Crippen LogP contribution in [0.5, 0.6) is 0 Å². The third-order valence-corrected chi connectivity index (χ3v) is 5.22. The number of hydrogen-bond donors (Lipinski definition) is 2. The molecule has 1 heterocycles. The number of nitrogens with zero attached hydrogens (tertiary/aromatic N) is 3. The van der Waals surface area contributed by atoms with Crippen LogP contribution in [0.3, 0.4) is 0 Å². The van der Waals surface area contributed by atoms with E-state index in [4.69, 9.17) is 9.73 Å². The molecule has 35 heavy (non-hydrogen) atoms. The Labute approximate surface area is 206 Å². The molecule has 0 saturated carbocycles. The molecule has 3 rings (SSSR count). The van der Waals surface area contributed by atoms with Crippen molar-refractivity contribution >= 4 is 29.3 Å². The maximum absolute atomic E-state index is 13.4. The first-order valence-corrected chi connectivity index (χ1v) is 11.4. The first kappa shape index (κ1) is 25.9. The number of benzodiazepines with no additional fused rings is 1. The maximum Gasteiger partial charge on any atom is 0.408 e. The minimum absolute atomic E-state index is 0.206. The molecular formula is C26H33N5O4. The number of rotatable bonds is 6. The number of nitrogens with one attached hydrogen (secondary N) is 2. The van der Waals surface area contributed by atoms with Crippen LogP contribution in [0.25, 0.3) is 0 Å². The van der Waals surface area contributed by atoms with Crippen LogP contribution in [0.4, 0.5) is 10.5 Å². The maximum atomic E-state index is 13.4. The van der Waals surface area contributed by atoms with E-state index in [2.05, 4.69) is 10.6 Å². The van der Waals surface area contributed by atoms with Crippen LogP contribution in [-0.2, 0) is 14.3 Å². The van der Waals surface area contributed by atoms with Crippen LogP contribution in [-0.4, -0.2) is 74.0 Å². The smallest absolute Gasteiger partial charge is 0.408 e. The molecule has 0 aliphatic carbocycles. The summed E-state index contributed by atoms with van der Waals surface area (Å²) in [4.78, 5) is 47.0. The van der Waals surface area contributed by atoms with E-state index in [1.165, 1.54) is 4.90 Å². The van der Waals surface area contributed by atoms with Crippen molar-refractivity contribution in [2.24, 2.45) is 4.99 Å². The van der Waals surface area contributed by atoms with Gasteiger partial charge in [-0.25, -0.2) is 9.79 Å². The summed E-state index contributed by atoms with van der Waals surface area (Å²) in [5.41, 5.74) is 2.16. The molecule has 2 aromatic rings. The molecule has 0 saturated heterocycles. The van der Waals surface area contributed by atoms with E-state index in [1.807, 2.05) is 54.6 Å². The molecule has 2 atom stereocenters. The summed E-state index contributed by atoms with van der Waals surface area (Å²) in [7, 11) is 5.22.